The second-order valence-electron chi connectivity index (χ2n) is 1.44. The summed E-state index contributed by atoms with van der Waals surface area (Å²) in [6.07, 6.45) is 0. The van der Waals surface area contributed by atoms with E-state index in [1.165, 1.54) is 0 Å². The first kappa shape index (κ1) is 13.3. The zero-order valence-corrected chi connectivity index (χ0v) is 11.3. The first-order valence-electron chi connectivity index (χ1n) is 2.35. The van der Waals surface area contributed by atoms with Crippen LogP contribution in [0.15, 0.2) is 24.3 Å². The zero-order valence-electron chi connectivity index (χ0n) is 5.38. The molecule has 0 spiro atoms. The fourth-order valence-corrected chi connectivity index (χ4v) is 0.627. The predicted molar refractivity (Wildman–Crippen MR) is 38.0 cm³/mol. The van der Waals surface area contributed by atoms with Gasteiger partial charge in [0.2, 0.25) is 0 Å². The Balaban J connectivity index is 0. The molecule has 0 saturated heterocycles. The van der Waals surface area contributed by atoms with Crippen LogP contribution in [0.1, 0.15) is 5.56 Å². The molecule has 0 amide bonds. The Hall–Kier alpha value is 0.663. The van der Waals surface area contributed by atoms with Gasteiger partial charge in [-0.15, -0.1) is 35.9 Å². The van der Waals surface area contributed by atoms with E-state index in [0.29, 0.717) is 0 Å². The van der Waals surface area contributed by atoms with E-state index in [-0.39, 0.29) is 43.5 Å². The summed E-state index contributed by atoms with van der Waals surface area (Å²) in [4.78, 5) is 0. The van der Waals surface area contributed by atoms with E-state index in [1.807, 2.05) is 24.3 Å². The Morgan fingerprint density at radius 1 is 1.40 bits per heavy atom. The SMILES string of the molecule is S=Cc1[c-]cccc1.[I-].[Zn+2]. The van der Waals surface area contributed by atoms with Crippen molar-refractivity contribution in [3.8, 4) is 0 Å². The Morgan fingerprint density at radius 2 is 2.10 bits per heavy atom. The van der Waals surface area contributed by atoms with Crippen molar-refractivity contribution in [1.82, 2.24) is 0 Å². The van der Waals surface area contributed by atoms with Crippen LogP contribution in [0.4, 0.5) is 0 Å². The second kappa shape index (κ2) is 7.77. The van der Waals surface area contributed by atoms with Gasteiger partial charge in [-0.3, -0.25) is 0 Å². The first-order chi connectivity index (χ1) is 3.93. The normalized spacial score (nSPS) is 6.80. The van der Waals surface area contributed by atoms with Gasteiger partial charge in [-0.1, -0.05) is 5.37 Å². The van der Waals surface area contributed by atoms with E-state index < -0.39 is 0 Å². The van der Waals surface area contributed by atoms with Crippen molar-refractivity contribution in [2.24, 2.45) is 0 Å². The van der Waals surface area contributed by atoms with Gasteiger partial charge in [-0.2, -0.15) is 12.2 Å². The van der Waals surface area contributed by atoms with E-state index in [4.69, 9.17) is 0 Å². The molecule has 0 aliphatic heterocycles. The third kappa shape index (κ3) is 4.47. The molecule has 0 heterocycles. The average molecular weight is 313 g/mol. The quantitative estimate of drug-likeness (QED) is 0.273. The van der Waals surface area contributed by atoms with Crippen LogP contribution in [0.25, 0.3) is 0 Å². The predicted octanol–water partition coefficient (Wildman–Crippen LogP) is -1.16. The van der Waals surface area contributed by atoms with Crippen LogP contribution in [-0.2, 0) is 19.5 Å². The van der Waals surface area contributed by atoms with E-state index >= 15 is 0 Å². The summed E-state index contributed by atoms with van der Waals surface area (Å²) >= 11 is 4.66. The van der Waals surface area contributed by atoms with Gasteiger partial charge in [0.1, 0.15) is 0 Å². The molecule has 10 heavy (non-hydrogen) atoms. The largest absolute Gasteiger partial charge is 2.00 e. The fourth-order valence-electron chi connectivity index (χ4n) is 0.481. The van der Waals surface area contributed by atoms with Crippen LogP contribution < -0.4 is 24.0 Å². The fraction of sp³-hybridized carbons (Fsp3) is 0. The molecule has 0 fully saturated rings. The summed E-state index contributed by atoms with van der Waals surface area (Å²) in [6.45, 7) is 0. The van der Waals surface area contributed by atoms with Gasteiger partial charge in [-0.05, 0) is 0 Å². The van der Waals surface area contributed by atoms with Gasteiger partial charge >= 0.3 is 19.5 Å². The molecule has 0 aromatic heterocycles. The molecule has 0 aliphatic rings. The third-order valence-corrected chi connectivity index (χ3v) is 1.11. The van der Waals surface area contributed by atoms with E-state index in [1.54, 1.807) is 5.37 Å². The number of hydrogen-bond acceptors (Lipinski definition) is 1. The molecule has 0 bridgehead atoms. The van der Waals surface area contributed by atoms with Crippen LogP contribution in [-0.4, -0.2) is 5.37 Å². The molecule has 48 valence electrons. The summed E-state index contributed by atoms with van der Waals surface area (Å²) < 4.78 is 0. The van der Waals surface area contributed by atoms with E-state index in [2.05, 4.69) is 18.3 Å². The van der Waals surface area contributed by atoms with Gasteiger partial charge < -0.3 is 24.0 Å². The minimum absolute atomic E-state index is 0. The Bertz CT molecular complexity index is 176. The number of halogens is 1. The number of thiocarbonyl (C=S) groups is 1. The molecule has 0 nitrogen and oxygen atoms in total. The molecule has 0 radical (unpaired) electrons. The Kier molecular flexibility index (Phi) is 10.3. The number of rotatable bonds is 1. The third-order valence-electron chi connectivity index (χ3n) is 0.860. The minimum Gasteiger partial charge on any atom is -1.00 e. The molecule has 0 N–H and O–H groups in total. The maximum absolute atomic E-state index is 4.66. The molecule has 0 aliphatic carbocycles. The van der Waals surface area contributed by atoms with Gasteiger partial charge in [0.25, 0.3) is 0 Å². The smallest absolute Gasteiger partial charge is 1.00 e. The first-order valence-corrected chi connectivity index (χ1v) is 2.82. The summed E-state index contributed by atoms with van der Waals surface area (Å²) in [7, 11) is 0. The van der Waals surface area contributed by atoms with Crippen LogP contribution in [0.3, 0.4) is 0 Å². The molecule has 0 atom stereocenters. The zero-order chi connectivity index (χ0) is 5.82. The van der Waals surface area contributed by atoms with Crippen LogP contribution in [0, 0.1) is 6.07 Å². The molecular weight excluding hydrogens is 308 g/mol. The molecular formula is C7H5ISZn. The average Bonchev–Trinajstić information content (AvgIpc) is 1.90. The molecule has 0 unspecified atom stereocenters. The van der Waals surface area contributed by atoms with Crippen molar-refractivity contribution in [2.45, 2.75) is 0 Å². The van der Waals surface area contributed by atoms with Crippen molar-refractivity contribution >= 4 is 17.6 Å². The Morgan fingerprint density at radius 3 is 2.40 bits per heavy atom. The van der Waals surface area contributed by atoms with Crippen molar-refractivity contribution in [3.63, 3.8) is 0 Å². The van der Waals surface area contributed by atoms with Crippen molar-refractivity contribution in [2.75, 3.05) is 0 Å². The summed E-state index contributed by atoms with van der Waals surface area (Å²) in [5.74, 6) is 0. The molecule has 1 aromatic carbocycles. The second-order valence-corrected chi connectivity index (χ2v) is 1.67. The number of hydrogen-bond donors (Lipinski definition) is 0. The molecule has 0 saturated carbocycles. The number of benzene rings is 1. The Labute approximate surface area is 96.2 Å². The van der Waals surface area contributed by atoms with Gasteiger partial charge in [-0.25, -0.2) is 0 Å². The molecule has 1 aromatic rings. The molecule has 3 heteroatoms. The van der Waals surface area contributed by atoms with Crippen LogP contribution in [0.2, 0.25) is 0 Å². The van der Waals surface area contributed by atoms with Crippen LogP contribution >= 0.6 is 12.2 Å². The van der Waals surface area contributed by atoms with Gasteiger partial charge in [0.15, 0.2) is 0 Å². The summed E-state index contributed by atoms with van der Waals surface area (Å²) in [5, 5.41) is 1.61. The van der Waals surface area contributed by atoms with Crippen molar-refractivity contribution < 1.29 is 43.5 Å². The monoisotopic (exact) mass is 312 g/mol. The minimum atomic E-state index is 0. The van der Waals surface area contributed by atoms with Crippen molar-refractivity contribution in [1.29, 1.82) is 0 Å². The maximum Gasteiger partial charge on any atom is 2.00 e. The van der Waals surface area contributed by atoms with Gasteiger partial charge in [0, 0.05) is 0 Å². The van der Waals surface area contributed by atoms with E-state index in [9.17, 15) is 0 Å². The maximum atomic E-state index is 4.66. The van der Waals surface area contributed by atoms with Crippen LogP contribution in [0.5, 0.6) is 0 Å². The summed E-state index contributed by atoms with van der Waals surface area (Å²) in [6, 6.07) is 10.6. The standard InChI is InChI=1S/C7H5S.HI.Zn/c8-6-7-4-2-1-3-5-7;;/h1-4,6H;1H;/q-1;;+2/p-1. The molecule has 1 rings (SSSR count). The topological polar surface area (TPSA) is 0 Å². The van der Waals surface area contributed by atoms with Crippen molar-refractivity contribution in [3.05, 3.63) is 35.9 Å². The van der Waals surface area contributed by atoms with Gasteiger partial charge in [0.05, 0.1) is 0 Å². The summed E-state index contributed by atoms with van der Waals surface area (Å²) in [5.41, 5.74) is 0.975. The van der Waals surface area contributed by atoms with E-state index in [0.717, 1.165) is 5.56 Å².